The Hall–Kier alpha value is -3.35. The molecule has 2 aromatic rings. The molecule has 4 bridgehead atoms. The number of halogens is 3. The molecule has 2 amide bonds. The Morgan fingerprint density at radius 3 is 2.60 bits per heavy atom. The fourth-order valence-electron chi connectivity index (χ4n) is 5.49. The number of hydrogen-bond donors (Lipinski definition) is 3. The summed E-state index contributed by atoms with van der Waals surface area (Å²) in [6, 6.07) is 11.4. The fraction of sp³-hybridized carbons (Fsp3) is 0.500. The normalized spacial score (nSPS) is 28.1. The van der Waals surface area contributed by atoms with Crippen molar-refractivity contribution < 1.29 is 42.1 Å². The van der Waals surface area contributed by atoms with Gasteiger partial charge in [0.05, 0.1) is 30.4 Å². The summed E-state index contributed by atoms with van der Waals surface area (Å²) in [5.41, 5.74) is 1.06. The van der Waals surface area contributed by atoms with Gasteiger partial charge in [-0.2, -0.15) is 0 Å². The Kier molecular flexibility index (Phi) is 8.48. The number of amides is 2. The molecule has 0 radical (unpaired) electrons. The molecule has 5 rings (SSSR count). The number of fused-ring (bicyclic) bond motifs is 5. The van der Waals surface area contributed by atoms with Gasteiger partial charge in [-0.3, -0.25) is 14.5 Å². The lowest BCUT2D eigenvalue weighted by atomic mass is 9.99. The molecule has 3 aliphatic heterocycles. The molecule has 2 fully saturated rings. The van der Waals surface area contributed by atoms with Crippen LogP contribution in [0.3, 0.4) is 0 Å². The highest BCUT2D eigenvalue weighted by Gasteiger charge is 2.39. The van der Waals surface area contributed by atoms with Crippen molar-refractivity contribution in [3.8, 4) is 11.5 Å². The Bertz CT molecular complexity index is 1190. The van der Waals surface area contributed by atoms with E-state index < -0.39 is 24.6 Å². The molecule has 0 saturated carbocycles. The number of para-hydroxylation sites is 1. The van der Waals surface area contributed by atoms with Gasteiger partial charge in [0.2, 0.25) is 5.91 Å². The molecule has 0 unspecified atom stereocenters. The molecule has 3 heterocycles. The Morgan fingerprint density at radius 1 is 1.05 bits per heavy atom. The summed E-state index contributed by atoms with van der Waals surface area (Å²) in [5, 5.41) is 16.4. The van der Waals surface area contributed by atoms with E-state index in [4.69, 9.17) is 9.47 Å². The molecule has 2 saturated heterocycles. The number of ether oxygens (including phenoxy) is 3. The lowest BCUT2D eigenvalue weighted by Gasteiger charge is -2.34. The van der Waals surface area contributed by atoms with Crippen molar-refractivity contribution >= 4 is 11.8 Å². The highest BCUT2D eigenvalue weighted by atomic mass is 19.4. The molecular weight excluding hydrogens is 531 g/mol. The average molecular weight is 564 g/mol. The number of nitrogens with one attached hydrogen (secondary N) is 2. The van der Waals surface area contributed by atoms with E-state index in [0.717, 1.165) is 0 Å². The lowest BCUT2D eigenvalue weighted by molar-refractivity contribution is -0.274. The first-order chi connectivity index (χ1) is 19.1. The first kappa shape index (κ1) is 28.2. The molecule has 12 heteroatoms. The summed E-state index contributed by atoms with van der Waals surface area (Å²) in [7, 11) is 0. The number of hydrogen-bond acceptors (Lipinski definition) is 7. The van der Waals surface area contributed by atoms with Gasteiger partial charge in [0, 0.05) is 32.1 Å². The van der Waals surface area contributed by atoms with Crippen LogP contribution in [0, 0.1) is 0 Å². The second-order valence-corrected chi connectivity index (χ2v) is 10.4. The minimum absolute atomic E-state index is 0.130. The van der Waals surface area contributed by atoms with Crippen LogP contribution in [0.2, 0.25) is 0 Å². The molecule has 3 aliphatic rings. The summed E-state index contributed by atoms with van der Waals surface area (Å²) in [4.78, 5) is 28.5. The third-order valence-electron chi connectivity index (χ3n) is 7.47. The number of rotatable bonds is 3. The first-order valence-corrected chi connectivity index (χ1v) is 13.4. The number of likely N-dealkylation sites (tertiary alicyclic amines) is 1. The van der Waals surface area contributed by atoms with Crippen molar-refractivity contribution in [3.63, 3.8) is 0 Å². The predicted octanol–water partition coefficient (Wildman–Crippen LogP) is 2.77. The van der Waals surface area contributed by atoms with Crippen molar-refractivity contribution in [1.29, 1.82) is 0 Å². The Labute approximate surface area is 229 Å². The number of carbonyl (C=O) groups is 2. The van der Waals surface area contributed by atoms with Crippen molar-refractivity contribution in [2.75, 3.05) is 19.7 Å². The van der Waals surface area contributed by atoms with Gasteiger partial charge in [-0.15, -0.1) is 13.2 Å². The Morgan fingerprint density at radius 2 is 1.82 bits per heavy atom. The van der Waals surface area contributed by atoms with Gasteiger partial charge in [-0.25, -0.2) is 0 Å². The molecule has 2 aromatic carbocycles. The van der Waals surface area contributed by atoms with E-state index in [1.165, 1.54) is 24.3 Å². The molecule has 5 atom stereocenters. The van der Waals surface area contributed by atoms with Crippen molar-refractivity contribution in [1.82, 2.24) is 15.5 Å². The zero-order valence-corrected chi connectivity index (χ0v) is 21.7. The van der Waals surface area contributed by atoms with Gasteiger partial charge in [-0.05, 0) is 49.1 Å². The smallest absolute Gasteiger partial charge is 0.493 e. The second-order valence-electron chi connectivity index (χ2n) is 10.4. The molecule has 0 aliphatic carbocycles. The highest BCUT2D eigenvalue weighted by molar-refractivity contribution is 5.97. The quantitative estimate of drug-likeness (QED) is 0.527. The van der Waals surface area contributed by atoms with Crippen LogP contribution in [0.5, 0.6) is 11.5 Å². The monoisotopic (exact) mass is 563 g/mol. The fourth-order valence-corrected chi connectivity index (χ4v) is 5.49. The maximum absolute atomic E-state index is 13.4. The molecule has 9 nitrogen and oxygen atoms in total. The average Bonchev–Trinajstić information content (AvgIpc) is 3.30. The highest BCUT2D eigenvalue weighted by Crippen LogP contribution is 2.27. The van der Waals surface area contributed by atoms with Crippen LogP contribution in [-0.2, 0) is 16.1 Å². The Balaban J connectivity index is 1.36. The van der Waals surface area contributed by atoms with Gasteiger partial charge in [0.15, 0.2) is 0 Å². The molecule has 40 heavy (non-hydrogen) atoms. The van der Waals surface area contributed by atoms with Crippen LogP contribution in [0.15, 0.2) is 48.5 Å². The van der Waals surface area contributed by atoms with E-state index in [1.54, 1.807) is 24.3 Å². The first-order valence-electron chi connectivity index (χ1n) is 13.4. The van der Waals surface area contributed by atoms with E-state index in [0.29, 0.717) is 55.7 Å². The second kappa shape index (κ2) is 12.0. The summed E-state index contributed by atoms with van der Waals surface area (Å²) >= 11 is 0. The standard InChI is InChI=1S/C28H32F3N3O6/c29-28(30,31)40-20-7-5-17(6-8-20)15-34-16-18-13-22(34)27(37)32-14-25-23(35)10-9-19(39-25)11-12-38-24-4-2-1-3-21(24)26(36)33-18/h1-8,18-19,22-23,25,35H,9-16H2,(H,32,37)(H,33,36)/t18-,19-,22-,23-,25+/m0/s1. The molecule has 3 N–H and O–H groups in total. The summed E-state index contributed by atoms with van der Waals surface area (Å²) in [6.45, 7) is 1.07. The largest absolute Gasteiger partial charge is 0.573 e. The van der Waals surface area contributed by atoms with Crippen molar-refractivity contribution in [2.24, 2.45) is 0 Å². The van der Waals surface area contributed by atoms with Crippen molar-refractivity contribution in [3.05, 3.63) is 59.7 Å². The zero-order chi connectivity index (χ0) is 28.3. The van der Waals surface area contributed by atoms with Crippen LogP contribution in [-0.4, -0.2) is 78.3 Å². The van der Waals surface area contributed by atoms with Gasteiger partial charge in [0.1, 0.15) is 17.6 Å². The summed E-state index contributed by atoms with van der Waals surface area (Å²) < 4.78 is 53.6. The van der Waals surface area contributed by atoms with E-state index >= 15 is 0 Å². The van der Waals surface area contributed by atoms with Crippen LogP contribution < -0.4 is 20.1 Å². The van der Waals surface area contributed by atoms with Gasteiger partial charge < -0.3 is 30.0 Å². The topological polar surface area (TPSA) is 109 Å². The van der Waals surface area contributed by atoms with E-state index in [1.807, 2.05) is 4.90 Å². The summed E-state index contributed by atoms with van der Waals surface area (Å²) in [5.74, 6) is -0.480. The van der Waals surface area contributed by atoms with Crippen molar-refractivity contribution in [2.45, 2.75) is 69.0 Å². The van der Waals surface area contributed by atoms with E-state index in [-0.39, 0.29) is 42.8 Å². The maximum Gasteiger partial charge on any atom is 0.573 e. The van der Waals surface area contributed by atoms with E-state index in [9.17, 15) is 27.9 Å². The molecule has 0 spiro atoms. The summed E-state index contributed by atoms with van der Waals surface area (Å²) in [6.07, 6.45) is -4.13. The number of nitrogens with zero attached hydrogens (tertiary/aromatic N) is 1. The van der Waals surface area contributed by atoms with Gasteiger partial charge >= 0.3 is 6.36 Å². The number of alkyl halides is 3. The number of carbonyl (C=O) groups excluding carboxylic acids is 2. The molecular formula is C28H32F3N3O6. The minimum Gasteiger partial charge on any atom is -0.493 e. The number of aliphatic hydroxyl groups excluding tert-OH is 1. The molecule has 216 valence electrons. The van der Waals surface area contributed by atoms with Crippen LogP contribution >= 0.6 is 0 Å². The number of aliphatic hydroxyl groups is 1. The molecule has 0 aromatic heterocycles. The van der Waals surface area contributed by atoms with Crippen LogP contribution in [0.1, 0.15) is 41.6 Å². The predicted molar refractivity (Wildman–Crippen MR) is 137 cm³/mol. The zero-order valence-electron chi connectivity index (χ0n) is 21.7. The minimum atomic E-state index is -4.79. The lowest BCUT2D eigenvalue weighted by Crippen LogP contribution is -2.50. The van der Waals surface area contributed by atoms with Gasteiger partial charge in [0.25, 0.3) is 5.91 Å². The third kappa shape index (κ3) is 7.04. The van der Waals surface area contributed by atoms with Gasteiger partial charge in [-0.1, -0.05) is 24.3 Å². The third-order valence-corrected chi connectivity index (χ3v) is 7.47. The maximum atomic E-state index is 13.4. The van der Waals surface area contributed by atoms with E-state index in [2.05, 4.69) is 15.4 Å². The van der Waals surface area contributed by atoms with Crippen LogP contribution in [0.4, 0.5) is 13.2 Å². The number of benzene rings is 2. The van der Waals surface area contributed by atoms with Crippen LogP contribution in [0.25, 0.3) is 0 Å². The SMILES string of the molecule is O=C1N[C@H]2C[C@@H](C(=O)NC[C@H]3O[C@H](CCOc4ccccc41)CC[C@@H]3O)N(Cc1ccc(OC(F)(F)F)cc1)C2.